The van der Waals surface area contributed by atoms with Gasteiger partial charge in [0.1, 0.15) is 29.5 Å². The van der Waals surface area contributed by atoms with Crippen LogP contribution in [0.5, 0.6) is 17.2 Å². The third kappa shape index (κ3) is 4.11. The number of aromatic amines is 1. The molecule has 3 aromatic rings. The molecule has 0 unspecified atom stereocenters. The summed E-state index contributed by atoms with van der Waals surface area (Å²) in [5.74, 6) is 1.74. The third-order valence-electron chi connectivity index (χ3n) is 4.22. The molecule has 0 saturated carbocycles. The molecule has 0 aliphatic rings. The number of H-pyrrole nitrogens is 1. The van der Waals surface area contributed by atoms with Crippen molar-refractivity contribution in [1.29, 1.82) is 0 Å². The second-order valence-electron chi connectivity index (χ2n) is 5.98. The highest BCUT2D eigenvalue weighted by molar-refractivity contribution is 6.32. The summed E-state index contributed by atoms with van der Waals surface area (Å²) in [6.07, 6.45) is 0. The molecule has 0 radical (unpaired) electrons. The Morgan fingerprint density at radius 3 is 2.59 bits per heavy atom. The first-order chi connectivity index (χ1) is 13.0. The number of nitrogens with one attached hydrogen (secondary N) is 1. The highest BCUT2D eigenvalue weighted by Gasteiger charge is 2.17. The van der Waals surface area contributed by atoms with Gasteiger partial charge in [-0.1, -0.05) is 23.7 Å². The average Bonchev–Trinajstić information content (AvgIpc) is 3.11. The van der Waals surface area contributed by atoms with Crippen molar-refractivity contribution in [3.05, 3.63) is 53.2 Å². The summed E-state index contributed by atoms with van der Waals surface area (Å²) in [5, 5.41) is 1.39. The van der Waals surface area contributed by atoms with Gasteiger partial charge in [-0.05, 0) is 24.3 Å². The first-order valence-corrected chi connectivity index (χ1v) is 8.79. The maximum Gasteiger partial charge on any atom is 0.270 e. The number of ether oxygens (including phenoxy) is 3. The molecule has 142 valence electrons. The van der Waals surface area contributed by atoms with Crippen LogP contribution in [-0.2, 0) is 0 Å². The van der Waals surface area contributed by atoms with E-state index in [0.29, 0.717) is 41.1 Å². The summed E-state index contributed by atoms with van der Waals surface area (Å²) in [7, 11) is 4.89. The molecule has 1 aromatic heterocycles. The van der Waals surface area contributed by atoms with E-state index in [-0.39, 0.29) is 5.91 Å². The molecule has 6 nitrogen and oxygen atoms in total. The van der Waals surface area contributed by atoms with Crippen molar-refractivity contribution >= 4 is 28.4 Å². The van der Waals surface area contributed by atoms with Crippen LogP contribution >= 0.6 is 11.6 Å². The minimum atomic E-state index is -0.144. The standard InChI is InChI=1S/C20H21ClN2O4/c1-23(8-9-27-17-7-5-4-6-15(17)21)20(24)16-11-13-10-14(25-2)12-18(26-3)19(13)22-16/h4-7,10-12,22H,8-9H2,1-3H3. The fraction of sp³-hybridized carbons (Fsp3) is 0.250. The quantitative estimate of drug-likeness (QED) is 0.664. The van der Waals surface area contributed by atoms with E-state index in [1.807, 2.05) is 18.2 Å². The zero-order valence-corrected chi connectivity index (χ0v) is 16.2. The number of benzene rings is 2. The van der Waals surface area contributed by atoms with E-state index in [1.54, 1.807) is 50.4 Å². The predicted octanol–water partition coefficient (Wildman–Crippen LogP) is 3.99. The van der Waals surface area contributed by atoms with Crippen LogP contribution in [0.3, 0.4) is 0 Å². The number of hydrogen-bond acceptors (Lipinski definition) is 4. The number of fused-ring (bicyclic) bond motifs is 1. The van der Waals surface area contributed by atoms with Crippen molar-refractivity contribution < 1.29 is 19.0 Å². The van der Waals surface area contributed by atoms with Crippen molar-refractivity contribution in [3.8, 4) is 17.2 Å². The monoisotopic (exact) mass is 388 g/mol. The van der Waals surface area contributed by atoms with Gasteiger partial charge in [-0.2, -0.15) is 0 Å². The average molecular weight is 389 g/mol. The molecule has 0 spiro atoms. The number of aromatic nitrogens is 1. The zero-order chi connectivity index (χ0) is 19.4. The fourth-order valence-electron chi connectivity index (χ4n) is 2.74. The van der Waals surface area contributed by atoms with Gasteiger partial charge >= 0.3 is 0 Å². The van der Waals surface area contributed by atoms with E-state index in [0.717, 1.165) is 10.9 Å². The lowest BCUT2D eigenvalue weighted by Crippen LogP contribution is -2.31. The Kier molecular flexibility index (Phi) is 5.76. The van der Waals surface area contributed by atoms with E-state index < -0.39 is 0 Å². The molecule has 0 aliphatic heterocycles. The highest BCUT2D eigenvalue weighted by atomic mass is 35.5. The lowest BCUT2D eigenvalue weighted by molar-refractivity contribution is 0.0769. The van der Waals surface area contributed by atoms with Gasteiger partial charge in [-0.15, -0.1) is 0 Å². The SMILES string of the molecule is COc1cc(OC)c2[nH]c(C(=O)N(C)CCOc3ccccc3Cl)cc2c1. The van der Waals surface area contributed by atoms with Gasteiger partial charge in [-0.3, -0.25) is 4.79 Å². The van der Waals surface area contributed by atoms with Crippen molar-refractivity contribution in [1.82, 2.24) is 9.88 Å². The number of halogens is 1. The van der Waals surface area contributed by atoms with Crippen LogP contribution in [0, 0.1) is 0 Å². The number of carbonyl (C=O) groups is 1. The Balaban J connectivity index is 1.70. The minimum Gasteiger partial charge on any atom is -0.497 e. The van der Waals surface area contributed by atoms with Gasteiger partial charge in [0.25, 0.3) is 5.91 Å². The van der Waals surface area contributed by atoms with Gasteiger partial charge in [-0.25, -0.2) is 0 Å². The Hall–Kier alpha value is -2.86. The van der Waals surface area contributed by atoms with Crippen LogP contribution in [0.15, 0.2) is 42.5 Å². The van der Waals surface area contributed by atoms with Gasteiger partial charge in [0.05, 0.1) is 31.3 Å². The summed E-state index contributed by atoms with van der Waals surface area (Å²) >= 11 is 6.06. The van der Waals surface area contributed by atoms with Crippen LogP contribution in [0.1, 0.15) is 10.5 Å². The molecule has 3 rings (SSSR count). The Morgan fingerprint density at radius 2 is 1.89 bits per heavy atom. The summed E-state index contributed by atoms with van der Waals surface area (Å²) in [5.41, 5.74) is 1.22. The van der Waals surface area contributed by atoms with Crippen LogP contribution in [-0.4, -0.2) is 50.2 Å². The lowest BCUT2D eigenvalue weighted by atomic mass is 10.2. The van der Waals surface area contributed by atoms with Gasteiger partial charge in [0, 0.05) is 18.5 Å². The molecular weight excluding hydrogens is 368 g/mol. The molecule has 0 aliphatic carbocycles. The Bertz CT molecular complexity index is 954. The first-order valence-electron chi connectivity index (χ1n) is 8.41. The maximum absolute atomic E-state index is 12.7. The van der Waals surface area contributed by atoms with Gasteiger partial charge < -0.3 is 24.1 Å². The van der Waals surface area contributed by atoms with E-state index >= 15 is 0 Å². The summed E-state index contributed by atoms with van der Waals surface area (Å²) in [6.45, 7) is 0.753. The molecule has 0 saturated heterocycles. The molecule has 2 aromatic carbocycles. The van der Waals surface area contributed by atoms with E-state index in [9.17, 15) is 4.79 Å². The lowest BCUT2D eigenvalue weighted by Gasteiger charge is -2.17. The van der Waals surface area contributed by atoms with Crippen molar-refractivity contribution in [2.45, 2.75) is 0 Å². The summed E-state index contributed by atoms with van der Waals surface area (Å²) in [6, 6.07) is 12.7. The van der Waals surface area contributed by atoms with Crippen LogP contribution in [0.4, 0.5) is 0 Å². The van der Waals surface area contributed by atoms with E-state index in [1.165, 1.54) is 0 Å². The number of nitrogens with zero attached hydrogens (tertiary/aromatic N) is 1. The molecule has 1 heterocycles. The van der Waals surface area contributed by atoms with Gasteiger partial charge in [0.15, 0.2) is 0 Å². The Labute approximate surface area is 162 Å². The molecule has 0 fully saturated rings. The van der Waals surface area contributed by atoms with E-state index in [4.69, 9.17) is 25.8 Å². The normalized spacial score (nSPS) is 10.7. The number of rotatable bonds is 7. The number of methoxy groups -OCH3 is 2. The first kappa shape index (κ1) is 18.9. The number of para-hydroxylation sites is 1. The van der Waals surface area contributed by atoms with Crippen LogP contribution in [0.25, 0.3) is 10.9 Å². The largest absolute Gasteiger partial charge is 0.497 e. The number of likely N-dealkylation sites (N-methyl/N-ethyl adjacent to an activating group) is 1. The second kappa shape index (κ2) is 8.22. The fourth-order valence-corrected chi connectivity index (χ4v) is 2.93. The van der Waals surface area contributed by atoms with Crippen LogP contribution in [0.2, 0.25) is 5.02 Å². The van der Waals surface area contributed by atoms with Gasteiger partial charge in [0.2, 0.25) is 0 Å². The molecule has 1 amide bonds. The van der Waals surface area contributed by atoms with Crippen molar-refractivity contribution in [3.63, 3.8) is 0 Å². The van der Waals surface area contributed by atoms with E-state index in [2.05, 4.69) is 4.98 Å². The molecule has 1 N–H and O–H groups in total. The summed E-state index contributed by atoms with van der Waals surface area (Å²) < 4.78 is 16.3. The number of hydrogen-bond donors (Lipinski definition) is 1. The zero-order valence-electron chi connectivity index (χ0n) is 15.4. The predicted molar refractivity (Wildman–Crippen MR) is 105 cm³/mol. The molecule has 0 bridgehead atoms. The molecular formula is C20H21ClN2O4. The van der Waals surface area contributed by atoms with Crippen LogP contribution < -0.4 is 14.2 Å². The maximum atomic E-state index is 12.7. The molecule has 27 heavy (non-hydrogen) atoms. The summed E-state index contributed by atoms with van der Waals surface area (Å²) in [4.78, 5) is 17.4. The number of carbonyl (C=O) groups excluding carboxylic acids is 1. The smallest absolute Gasteiger partial charge is 0.270 e. The minimum absolute atomic E-state index is 0.144. The number of amides is 1. The van der Waals surface area contributed by atoms with Crippen molar-refractivity contribution in [2.75, 3.05) is 34.4 Å². The highest BCUT2D eigenvalue weighted by Crippen LogP contribution is 2.31. The Morgan fingerprint density at radius 1 is 1.11 bits per heavy atom. The van der Waals surface area contributed by atoms with Crippen molar-refractivity contribution in [2.24, 2.45) is 0 Å². The third-order valence-corrected chi connectivity index (χ3v) is 4.53. The molecule has 7 heteroatoms. The topological polar surface area (TPSA) is 63.8 Å². The molecule has 0 atom stereocenters. The second-order valence-corrected chi connectivity index (χ2v) is 6.39.